The van der Waals surface area contributed by atoms with Crippen molar-refractivity contribution in [3.8, 4) is 0 Å². The third-order valence-corrected chi connectivity index (χ3v) is 4.04. The number of nitrogens with zero attached hydrogens (tertiary/aromatic N) is 1. The molecular weight excluding hydrogens is 216 g/mol. The number of aromatic nitrogens is 1. The molecule has 0 radical (unpaired) electrons. The van der Waals surface area contributed by atoms with Crippen molar-refractivity contribution in [2.24, 2.45) is 0 Å². The summed E-state index contributed by atoms with van der Waals surface area (Å²) in [5, 5.41) is 5.72. The SMILES string of the molecule is c1ccc(NC2CCCc3sccc32)nc1. The van der Waals surface area contributed by atoms with Crippen molar-refractivity contribution in [3.63, 3.8) is 0 Å². The first kappa shape index (κ1) is 9.85. The van der Waals surface area contributed by atoms with Crippen LogP contribution in [-0.2, 0) is 6.42 Å². The van der Waals surface area contributed by atoms with Crippen molar-refractivity contribution in [1.82, 2.24) is 4.98 Å². The Bertz CT molecular complexity index is 464. The van der Waals surface area contributed by atoms with Crippen molar-refractivity contribution in [1.29, 1.82) is 0 Å². The van der Waals surface area contributed by atoms with Crippen LogP contribution in [0.3, 0.4) is 0 Å². The van der Waals surface area contributed by atoms with Crippen LogP contribution in [0, 0.1) is 0 Å². The van der Waals surface area contributed by atoms with Gasteiger partial charge in [0.25, 0.3) is 0 Å². The molecule has 16 heavy (non-hydrogen) atoms. The fraction of sp³-hybridized carbons (Fsp3) is 0.308. The molecule has 0 saturated heterocycles. The van der Waals surface area contributed by atoms with Gasteiger partial charge in [0.2, 0.25) is 0 Å². The van der Waals surface area contributed by atoms with E-state index in [1.165, 1.54) is 24.8 Å². The van der Waals surface area contributed by atoms with Gasteiger partial charge in [-0.15, -0.1) is 11.3 Å². The molecule has 0 spiro atoms. The molecule has 1 N–H and O–H groups in total. The molecule has 1 atom stereocenters. The Hall–Kier alpha value is -1.35. The molecule has 1 aliphatic carbocycles. The molecular formula is C13H14N2S. The summed E-state index contributed by atoms with van der Waals surface area (Å²) in [4.78, 5) is 5.86. The monoisotopic (exact) mass is 230 g/mol. The highest BCUT2D eigenvalue weighted by molar-refractivity contribution is 7.10. The topological polar surface area (TPSA) is 24.9 Å². The van der Waals surface area contributed by atoms with Crippen molar-refractivity contribution >= 4 is 17.2 Å². The van der Waals surface area contributed by atoms with Crippen LogP contribution in [0.1, 0.15) is 29.3 Å². The molecule has 1 unspecified atom stereocenters. The van der Waals surface area contributed by atoms with Crippen LogP contribution in [0.25, 0.3) is 0 Å². The van der Waals surface area contributed by atoms with Crippen molar-refractivity contribution in [2.75, 3.05) is 5.32 Å². The van der Waals surface area contributed by atoms with Gasteiger partial charge in [0.05, 0.1) is 6.04 Å². The Morgan fingerprint density at radius 1 is 1.31 bits per heavy atom. The molecule has 1 aliphatic rings. The minimum Gasteiger partial charge on any atom is -0.363 e. The van der Waals surface area contributed by atoms with Gasteiger partial charge in [-0.1, -0.05) is 6.07 Å². The number of pyridine rings is 1. The molecule has 0 fully saturated rings. The summed E-state index contributed by atoms with van der Waals surface area (Å²) in [6, 6.07) is 8.69. The second-order valence-corrected chi connectivity index (χ2v) is 5.10. The van der Waals surface area contributed by atoms with Gasteiger partial charge >= 0.3 is 0 Å². The zero-order valence-corrected chi connectivity index (χ0v) is 9.83. The number of hydrogen-bond acceptors (Lipinski definition) is 3. The molecule has 3 heteroatoms. The van der Waals surface area contributed by atoms with E-state index in [-0.39, 0.29) is 0 Å². The minimum absolute atomic E-state index is 0.449. The lowest BCUT2D eigenvalue weighted by Gasteiger charge is -2.24. The van der Waals surface area contributed by atoms with E-state index in [2.05, 4.69) is 21.7 Å². The Morgan fingerprint density at radius 3 is 3.19 bits per heavy atom. The fourth-order valence-electron chi connectivity index (χ4n) is 2.26. The van der Waals surface area contributed by atoms with Gasteiger partial charge in [0, 0.05) is 11.1 Å². The van der Waals surface area contributed by atoms with E-state index in [9.17, 15) is 0 Å². The van der Waals surface area contributed by atoms with Crippen LogP contribution in [0.5, 0.6) is 0 Å². The maximum atomic E-state index is 4.32. The highest BCUT2D eigenvalue weighted by atomic mass is 32.1. The minimum atomic E-state index is 0.449. The highest BCUT2D eigenvalue weighted by Gasteiger charge is 2.20. The van der Waals surface area contributed by atoms with Gasteiger partial charge < -0.3 is 5.32 Å². The van der Waals surface area contributed by atoms with E-state index in [1.807, 2.05) is 35.7 Å². The van der Waals surface area contributed by atoms with E-state index in [1.54, 1.807) is 4.88 Å². The van der Waals surface area contributed by atoms with Crippen molar-refractivity contribution < 1.29 is 0 Å². The van der Waals surface area contributed by atoms with Gasteiger partial charge in [-0.05, 0) is 48.4 Å². The zero-order valence-electron chi connectivity index (χ0n) is 9.02. The summed E-state index contributed by atoms with van der Waals surface area (Å²) < 4.78 is 0. The lowest BCUT2D eigenvalue weighted by Crippen LogP contribution is -2.16. The summed E-state index contributed by atoms with van der Waals surface area (Å²) in [6.07, 6.45) is 5.56. The molecule has 3 rings (SSSR count). The van der Waals surface area contributed by atoms with Crippen molar-refractivity contribution in [2.45, 2.75) is 25.3 Å². The molecule has 2 aromatic rings. The lowest BCUT2D eigenvalue weighted by atomic mass is 9.94. The number of anilines is 1. The Morgan fingerprint density at radius 2 is 2.31 bits per heavy atom. The highest BCUT2D eigenvalue weighted by Crippen LogP contribution is 2.34. The Kier molecular flexibility index (Phi) is 2.62. The van der Waals surface area contributed by atoms with Gasteiger partial charge in [-0.2, -0.15) is 0 Å². The third-order valence-electron chi connectivity index (χ3n) is 3.04. The van der Waals surface area contributed by atoms with E-state index in [0.717, 1.165) is 5.82 Å². The average Bonchev–Trinajstić information content (AvgIpc) is 2.80. The number of hydrogen-bond donors (Lipinski definition) is 1. The zero-order chi connectivity index (χ0) is 10.8. The predicted molar refractivity (Wildman–Crippen MR) is 67.9 cm³/mol. The van der Waals surface area contributed by atoms with Crippen LogP contribution < -0.4 is 5.32 Å². The number of aryl methyl sites for hydroxylation is 1. The maximum Gasteiger partial charge on any atom is 0.126 e. The molecule has 0 aromatic carbocycles. The maximum absolute atomic E-state index is 4.32. The molecule has 2 nitrogen and oxygen atoms in total. The van der Waals surface area contributed by atoms with Crippen LogP contribution in [0.4, 0.5) is 5.82 Å². The second kappa shape index (κ2) is 4.26. The molecule has 82 valence electrons. The predicted octanol–water partition coefficient (Wildman–Crippen LogP) is 3.63. The van der Waals surface area contributed by atoms with E-state index in [4.69, 9.17) is 0 Å². The molecule has 0 aliphatic heterocycles. The van der Waals surface area contributed by atoms with Crippen LogP contribution in [0.15, 0.2) is 35.8 Å². The second-order valence-electron chi connectivity index (χ2n) is 4.10. The van der Waals surface area contributed by atoms with E-state index in [0.29, 0.717) is 6.04 Å². The molecule has 0 amide bonds. The summed E-state index contributed by atoms with van der Waals surface area (Å²) in [7, 11) is 0. The van der Waals surface area contributed by atoms with Gasteiger partial charge in [-0.3, -0.25) is 0 Å². The molecule has 2 aromatic heterocycles. The summed E-state index contributed by atoms with van der Waals surface area (Å²) in [5.41, 5.74) is 1.47. The fourth-order valence-corrected chi connectivity index (χ4v) is 3.25. The van der Waals surface area contributed by atoms with Gasteiger partial charge in [-0.25, -0.2) is 4.98 Å². The normalized spacial score (nSPS) is 19.1. The lowest BCUT2D eigenvalue weighted by molar-refractivity contribution is 0.607. The first-order valence-electron chi connectivity index (χ1n) is 5.67. The summed E-state index contributed by atoms with van der Waals surface area (Å²) in [5.74, 6) is 0.978. The summed E-state index contributed by atoms with van der Waals surface area (Å²) >= 11 is 1.88. The number of nitrogens with one attached hydrogen (secondary N) is 1. The van der Waals surface area contributed by atoms with E-state index < -0.39 is 0 Å². The summed E-state index contributed by atoms with van der Waals surface area (Å²) in [6.45, 7) is 0. The van der Waals surface area contributed by atoms with Crippen LogP contribution in [-0.4, -0.2) is 4.98 Å². The van der Waals surface area contributed by atoms with Crippen molar-refractivity contribution in [3.05, 3.63) is 46.3 Å². The Labute approximate surface area is 99.4 Å². The quantitative estimate of drug-likeness (QED) is 0.852. The van der Waals surface area contributed by atoms with Crippen LogP contribution in [0.2, 0.25) is 0 Å². The van der Waals surface area contributed by atoms with Crippen LogP contribution >= 0.6 is 11.3 Å². The first-order chi connectivity index (χ1) is 7.93. The number of rotatable bonds is 2. The van der Waals surface area contributed by atoms with Gasteiger partial charge in [0.1, 0.15) is 5.82 Å². The Balaban J connectivity index is 1.83. The molecule has 0 bridgehead atoms. The smallest absolute Gasteiger partial charge is 0.126 e. The average molecular weight is 230 g/mol. The van der Waals surface area contributed by atoms with E-state index >= 15 is 0 Å². The molecule has 0 saturated carbocycles. The number of thiophene rings is 1. The third kappa shape index (κ3) is 1.83. The standard InChI is InChI=1S/C13H14N2S/c1-2-8-14-13(6-1)15-11-4-3-5-12-10(11)7-9-16-12/h1-2,6-9,11H,3-5H2,(H,14,15). The number of fused-ring (bicyclic) bond motifs is 1. The largest absolute Gasteiger partial charge is 0.363 e. The van der Waals surface area contributed by atoms with Gasteiger partial charge in [0.15, 0.2) is 0 Å². The molecule has 2 heterocycles. The first-order valence-corrected chi connectivity index (χ1v) is 6.55.